The van der Waals surface area contributed by atoms with E-state index in [-0.39, 0.29) is 27.4 Å². The van der Waals surface area contributed by atoms with Gasteiger partial charge < -0.3 is 5.11 Å². The topological polar surface area (TPSA) is 54.4 Å². The van der Waals surface area contributed by atoms with Gasteiger partial charge in [-0.05, 0) is 98.4 Å². The molecule has 0 saturated heterocycles. The zero-order valence-corrected chi connectivity index (χ0v) is 22.3. The highest BCUT2D eigenvalue weighted by molar-refractivity contribution is 5.96. The zero-order valence-electron chi connectivity index (χ0n) is 22.3. The second kappa shape index (κ2) is 7.64. The molecule has 3 heteroatoms. The van der Waals surface area contributed by atoms with Crippen molar-refractivity contribution in [3.05, 3.63) is 23.8 Å². The van der Waals surface area contributed by atoms with E-state index < -0.39 is 5.60 Å². The predicted octanol–water partition coefficient (Wildman–Crippen LogP) is 6.69. The van der Waals surface area contributed by atoms with Gasteiger partial charge in [-0.15, -0.1) is 0 Å². The van der Waals surface area contributed by atoms with Crippen molar-refractivity contribution in [1.29, 1.82) is 0 Å². The van der Waals surface area contributed by atoms with E-state index in [9.17, 15) is 14.7 Å². The first-order valence-corrected chi connectivity index (χ1v) is 13.3. The SMILES string of the molecule is C[C@@H](/C=C/C(=O)C(C)(C)O)[C@@H]1CC[C@]2(C)C3=CC[C@H]4C(C)(C)C(=O)CC[C@]4(C)[C@@H]3CC[C@@]12C. The lowest BCUT2D eigenvalue weighted by Gasteiger charge is -2.63. The van der Waals surface area contributed by atoms with Crippen LogP contribution in [0.15, 0.2) is 23.8 Å². The number of carbonyl (C=O) groups is 2. The van der Waals surface area contributed by atoms with E-state index in [1.807, 2.05) is 0 Å². The van der Waals surface area contributed by atoms with Gasteiger partial charge in [0.2, 0.25) is 0 Å². The summed E-state index contributed by atoms with van der Waals surface area (Å²) in [6.07, 6.45) is 13.9. The molecule has 4 aliphatic carbocycles. The molecule has 0 aromatic heterocycles. The summed E-state index contributed by atoms with van der Waals surface area (Å²) in [5.74, 6) is 2.11. The van der Waals surface area contributed by atoms with Crippen molar-refractivity contribution in [2.75, 3.05) is 0 Å². The lowest BCUT2D eigenvalue weighted by atomic mass is 9.41. The molecule has 3 saturated carbocycles. The maximum atomic E-state index is 12.8. The fourth-order valence-electron chi connectivity index (χ4n) is 8.97. The Morgan fingerprint density at radius 3 is 2.42 bits per heavy atom. The fourth-order valence-corrected chi connectivity index (χ4v) is 8.97. The van der Waals surface area contributed by atoms with Crippen LogP contribution in [-0.2, 0) is 9.59 Å². The monoisotopic (exact) mass is 454 g/mol. The molecular weight excluding hydrogens is 408 g/mol. The fraction of sp³-hybridized carbons (Fsp3) is 0.800. The third kappa shape index (κ3) is 3.46. The first-order chi connectivity index (χ1) is 15.1. The summed E-state index contributed by atoms with van der Waals surface area (Å²) in [6.45, 7) is 17.3. The average Bonchev–Trinajstić information content (AvgIpc) is 3.00. The summed E-state index contributed by atoms with van der Waals surface area (Å²) in [6, 6.07) is 0. The number of carbonyl (C=O) groups excluding carboxylic acids is 2. The van der Waals surface area contributed by atoms with Crippen LogP contribution in [0.25, 0.3) is 0 Å². The molecule has 0 radical (unpaired) electrons. The van der Waals surface area contributed by atoms with Crippen molar-refractivity contribution >= 4 is 11.6 Å². The number of hydrogen-bond acceptors (Lipinski definition) is 3. The standard InChI is InChI=1S/C30H46O3/c1-19(9-12-25(32)27(4,5)33)20-13-17-30(8)22-10-11-23-26(2,3)24(31)15-16-28(23,6)21(22)14-18-29(20,30)7/h9-10,12,19-21,23,33H,11,13-18H2,1-8H3/b12-9+/t19-,20-,21+,23-,28+,29-,30+/m0/s1. The van der Waals surface area contributed by atoms with E-state index in [0.29, 0.717) is 29.5 Å². The Labute approximate surface area is 201 Å². The van der Waals surface area contributed by atoms with E-state index >= 15 is 0 Å². The van der Waals surface area contributed by atoms with E-state index in [1.54, 1.807) is 25.5 Å². The summed E-state index contributed by atoms with van der Waals surface area (Å²) in [5, 5.41) is 10.0. The van der Waals surface area contributed by atoms with Crippen LogP contribution in [-0.4, -0.2) is 22.3 Å². The maximum absolute atomic E-state index is 12.8. The molecule has 4 rings (SSSR count). The molecule has 1 N–H and O–H groups in total. The molecule has 7 atom stereocenters. The van der Waals surface area contributed by atoms with Gasteiger partial charge in [-0.2, -0.15) is 0 Å². The first-order valence-electron chi connectivity index (χ1n) is 13.3. The highest BCUT2D eigenvalue weighted by atomic mass is 16.3. The molecule has 0 amide bonds. The minimum absolute atomic E-state index is 0.183. The van der Waals surface area contributed by atoms with Crippen LogP contribution in [0.1, 0.15) is 100 Å². The minimum atomic E-state index is -1.31. The summed E-state index contributed by atoms with van der Waals surface area (Å²) in [7, 11) is 0. The van der Waals surface area contributed by atoms with Crippen molar-refractivity contribution < 1.29 is 14.7 Å². The van der Waals surface area contributed by atoms with E-state index in [0.717, 1.165) is 19.3 Å². The minimum Gasteiger partial charge on any atom is -0.382 e. The highest BCUT2D eigenvalue weighted by Gasteiger charge is 2.65. The predicted molar refractivity (Wildman–Crippen MR) is 134 cm³/mol. The van der Waals surface area contributed by atoms with Crippen LogP contribution in [0.3, 0.4) is 0 Å². The highest BCUT2D eigenvalue weighted by Crippen LogP contribution is 2.73. The van der Waals surface area contributed by atoms with Gasteiger partial charge in [0.05, 0.1) is 0 Å². The van der Waals surface area contributed by atoms with Gasteiger partial charge in [0.1, 0.15) is 11.4 Å². The normalized spacial score (nSPS) is 43.5. The Balaban J connectivity index is 1.64. The van der Waals surface area contributed by atoms with E-state index in [4.69, 9.17) is 0 Å². The van der Waals surface area contributed by atoms with Gasteiger partial charge in [0.25, 0.3) is 0 Å². The number of hydrogen-bond donors (Lipinski definition) is 1. The van der Waals surface area contributed by atoms with E-state index in [2.05, 4.69) is 53.7 Å². The average molecular weight is 455 g/mol. The van der Waals surface area contributed by atoms with Gasteiger partial charge in [-0.1, -0.05) is 59.3 Å². The molecule has 0 aromatic rings. The molecule has 3 nitrogen and oxygen atoms in total. The van der Waals surface area contributed by atoms with Crippen molar-refractivity contribution in [3.8, 4) is 0 Å². The number of ketones is 2. The molecule has 0 aromatic carbocycles. The van der Waals surface area contributed by atoms with Crippen LogP contribution < -0.4 is 0 Å². The zero-order chi connectivity index (χ0) is 24.6. The smallest absolute Gasteiger partial charge is 0.186 e. The molecule has 0 bridgehead atoms. The van der Waals surface area contributed by atoms with Gasteiger partial charge in [-0.25, -0.2) is 0 Å². The molecule has 0 heterocycles. The quantitative estimate of drug-likeness (QED) is 0.380. The van der Waals surface area contributed by atoms with Crippen LogP contribution in [0.4, 0.5) is 0 Å². The molecule has 4 aliphatic rings. The summed E-state index contributed by atoms with van der Waals surface area (Å²) < 4.78 is 0. The third-order valence-corrected chi connectivity index (χ3v) is 11.4. The second-order valence-corrected chi connectivity index (χ2v) is 13.7. The second-order valence-electron chi connectivity index (χ2n) is 13.7. The molecule has 184 valence electrons. The Kier molecular flexibility index (Phi) is 5.76. The van der Waals surface area contributed by atoms with Crippen molar-refractivity contribution in [3.63, 3.8) is 0 Å². The number of aliphatic hydroxyl groups is 1. The van der Waals surface area contributed by atoms with Gasteiger partial charge in [-0.3, -0.25) is 9.59 Å². The maximum Gasteiger partial charge on any atom is 0.186 e. The molecular formula is C30H46O3. The van der Waals surface area contributed by atoms with Crippen LogP contribution >= 0.6 is 0 Å². The van der Waals surface area contributed by atoms with Crippen LogP contribution in [0, 0.1) is 45.3 Å². The largest absolute Gasteiger partial charge is 0.382 e. The Bertz CT molecular complexity index is 902. The summed E-state index contributed by atoms with van der Waals surface area (Å²) >= 11 is 0. The van der Waals surface area contributed by atoms with Crippen molar-refractivity contribution in [1.82, 2.24) is 0 Å². The lowest BCUT2D eigenvalue weighted by molar-refractivity contribution is -0.145. The van der Waals surface area contributed by atoms with Crippen LogP contribution in [0.5, 0.6) is 0 Å². The summed E-state index contributed by atoms with van der Waals surface area (Å²) in [5.41, 5.74) is 0.765. The number of Topliss-reactive ketones (excluding diaryl/α,β-unsaturated/α-hetero) is 1. The van der Waals surface area contributed by atoms with E-state index in [1.165, 1.54) is 25.7 Å². The molecule has 0 unspecified atom stereocenters. The number of allylic oxidation sites excluding steroid dienone is 3. The molecule has 0 spiro atoms. The van der Waals surface area contributed by atoms with Crippen LogP contribution in [0.2, 0.25) is 0 Å². The molecule has 0 aliphatic heterocycles. The van der Waals surface area contributed by atoms with Gasteiger partial charge in [0, 0.05) is 11.8 Å². The number of rotatable bonds is 4. The Morgan fingerprint density at radius 2 is 1.79 bits per heavy atom. The van der Waals surface area contributed by atoms with Crippen molar-refractivity contribution in [2.24, 2.45) is 45.3 Å². The third-order valence-electron chi connectivity index (χ3n) is 11.4. The number of fused-ring (bicyclic) bond motifs is 5. The molecule has 3 fully saturated rings. The first kappa shape index (κ1) is 24.9. The Hall–Kier alpha value is -1.22. The summed E-state index contributed by atoms with van der Waals surface area (Å²) in [4.78, 5) is 25.1. The van der Waals surface area contributed by atoms with Gasteiger partial charge >= 0.3 is 0 Å². The Morgan fingerprint density at radius 1 is 1.12 bits per heavy atom. The van der Waals surface area contributed by atoms with Gasteiger partial charge in [0.15, 0.2) is 5.78 Å². The lowest BCUT2D eigenvalue weighted by Crippen LogP contribution is -2.57. The van der Waals surface area contributed by atoms with Crippen molar-refractivity contribution in [2.45, 2.75) is 106 Å². The molecule has 33 heavy (non-hydrogen) atoms.